The monoisotopic (exact) mass is 521 g/mol. The molecule has 0 saturated carbocycles. The fourth-order valence-electron chi connectivity index (χ4n) is 4.04. The molecule has 0 saturated heterocycles. The predicted molar refractivity (Wildman–Crippen MR) is 147 cm³/mol. The van der Waals surface area contributed by atoms with Crippen molar-refractivity contribution in [1.29, 1.82) is 0 Å². The quantitative estimate of drug-likeness (QED) is 0.313. The number of terminal acetylenes is 1. The van der Waals surface area contributed by atoms with Gasteiger partial charge in [-0.1, -0.05) is 61.7 Å². The van der Waals surface area contributed by atoms with Crippen LogP contribution in [0.15, 0.2) is 48.5 Å². The molecule has 0 fully saturated rings. The molecule has 0 aliphatic carbocycles. The molecule has 3 amide bonds. The van der Waals surface area contributed by atoms with Crippen LogP contribution in [0.4, 0.5) is 4.79 Å². The van der Waals surface area contributed by atoms with Crippen LogP contribution in [0.2, 0.25) is 0 Å². The van der Waals surface area contributed by atoms with E-state index in [0.717, 1.165) is 23.3 Å². The highest BCUT2D eigenvalue weighted by Crippen LogP contribution is 2.24. The minimum absolute atomic E-state index is 0.0604. The van der Waals surface area contributed by atoms with Crippen molar-refractivity contribution in [2.24, 2.45) is 0 Å². The van der Waals surface area contributed by atoms with Crippen molar-refractivity contribution >= 4 is 17.9 Å². The van der Waals surface area contributed by atoms with Crippen molar-refractivity contribution < 1.29 is 24.2 Å². The first-order chi connectivity index (χ1) is 17.8. The van der Waals surface area contributed by atoms with Gasteiger partial charge in [-0.15, -0.1) is 0 Å². The van der Waals surface area contributed by atoms with E-state index in [2.05, 4.69) is 16.7 Å². The van der Waals surface area contributed by atoms with E-state index in [-0.39, 0.29) is 18.2 Å². The van der Waals surface area contributed by atoms with Crippen molar-refractivity contribution in [3.05, 3.63) is 65.2 Å². The average Bonchev–Trinajstić information content (AvgIpc) is 2.81. The maximum atomic E-state index is 13.9. The van der Waals surface area contributed by atoms with Gasteiger partial charge in [0.15, 0.2) is 0 Å². The molecule has 8 nitrogen and oxygen atoms in total. The zero-order chi connectivity index (χ0) is 28.5. The zero-order valence-corrected chi connectivity index (χ0v) is 23.1. The molecule has 0 aliphatic heterocycles. The normalized spacial score (nSPS) is 13.4. The maximum absolute atomic E-state index is 13.9. The maximum Gasteiger partial charge on any atom is 0.408 e. The van der Waals surface area contributed by atoms with E-state index in [0.29, 0.717) is 11.1 Å². The Hall–Kier alpha value is -3.99. The van der Waals surface area contributed by atoms with Gasteiger partial charge in [-0.2, -0.15) is 0 Å². The van der Waals surface area contributed by atoms with Crippen LogP contribution < -0.4 is 10.6 Å². The van der Waals surface area contributed by atoms with E-state index in [9.17, 15) is 19.5 Å². The number of aromatic hydroxyl groups is 1. The van der Waals surface area contributed by atoms with Crippen LogP contribution in [0.25, 0.3) is 0 Å². The molecule has 3 unspecified atom stereocenters. The number of nitrogens with one attached hydrogen (secondary N) is 2. The van der Waals surface area contributed by atoms with Gasteiger partial charge in [-0.3, -0.25) is 14.5 Å². The number of amides is 3. The standard InChI is InChI=1S/C30H39N3O5/c1-8-11-21(4)31-27(35)26(23-13-10-12-20(3)18-23)33(9-2)28(36)25(32-29(37)38-30(5,6)7)19-22-14-16-24(34)17-15-22/h2,10,12-18,21,25-26,34H,8,11,19H2,1,3-7H3,(H,31,35)(H,32,37). The lowest BCUT2D eigenvalue weighted by molar-refractivity contribution is -0.138. The Morgan fingerprint density at radius 3 is 2.32 bits per heavy atom. The summed E-state index contributed by atoms with van der Waals surface area (Å²) in [7, 11) is 0. The fraction of sp³-hybridized carbons (Fsp3) is 0.433. The molecular formula is C30H39N3O5. The first kappa shape index (κ1) is 30.2. The van der Waals surface area contributed by atoms with Gasteiger partial charge < -0.3 is 20.5 Å². The number of alkyl carbamates (subject to hydrolysis) is 1. The van der Waals surface area contributed by atoms with E-state index in [1.54, 1.807) is 45.0 Å². The number of hydrogen-bond donors (Lipinski definition) is 3. The molecule has 0 bridgehead atoms. The van der Waals surface area contributed by atoms with Gasteiger partial charge in [0.25, 0.3) is 5.91 Å². The van der Waals surface area contributed by atoms with Gasteiger partial charge >= 0.3 is 6.09 Å². The van der Waals surface area contributed by atoms with E-state index < -0.39 is 35.6 Å². The number of benzene rings is 2. The molecule has 0 heterocycles. The van der Waals surface area contributed by atoms with Crippen LogP contribution in [0, 0.1) is 19.4 Å². The van der Waals surface area contributed by atoms with Crippen LogP contribution >= 0.6 is 0 Å². The summed E-state index contributed by atoms with van der Waals surface area (Å²) in [5.41, 5.74) is 1.33. The van der Waals surface area contributed by atoms with Gasteiger partial charge in [0.2, 0.25) is 5.91 Å². The smallest absolute Gasteiger partial charge is 0.408 e. The molecule has 0 spiro atoms. The lowest BCUT2D eigenvalue weighted by Crippen LogP contribution is -2.52. The molecule has 204 valence electrons. The molecule has 3 N–H and O–H groups in total. The SMILES string of the molecule is C#CN(C(=O)C(Cc1ccc(O)cc1)NC(=O)OC(C)(C)C)C(C(=O)NC(C)CCC)c1cccc(C)c1. The largest absolute Gasteiger partial charge is 0.508 e. The van der Waals surface area contributed by atoms with Gasteiger partial charge in [-0.25, -0.2) is 4.79 Å². The number of nitrogens with zero attached hydrogens (tertiary/aromatic N) is 1. The summed E-state index contributed by atoms with van der Waals surface area (Å²) in [6, 6.07) is 13.5. The number of aryl methyl sites for hydroxylation is 1. The number of rotatable bonds is 10. The van der Waals surface area contributed by atoms with E-state index in [1.807, 2.05) is 32.9 Å². The predicted octanol–water partition coefficient (Wildman–Crippen LogP) is 4.60. The zero-order valence-electron chi connectivity index (χ0n) is 23.1. The number of phenols is 1. The lowest BCUT2D eigenvalue weighted by Gasteiger charge is -2.31. The Balaban J connectivity index is 2.48. The number of carbonyl (C=O) groups is 3. The van der Waals surface area contributed by atoms with E-state index >= 15 is 0 Å². The molecule has 8 heteroatoms. The lowest BCUT2D eigenvalue weighted by atomic mass is 9.99. The molecule has 2 rings (SSSR count). The minimum Gasteiger partial charge on any atom is -0.508 e. The van der Waals surface area contributed by atoms with Crippen LogP contribution in [0.3, 0.4) is 0 Å². The van der Waals surface area contributed by atoms with E-state index in [1.165, 1.54) is 12.1 Å². The third-order valence-electron chi connectivity index (χ3n) is 5.72. The summed E-state index contributed by atoms with van der Waals surface area (Å²) >= 11 is 0. The molecule has 2 aromatic carbocycles. The Bertz CT molecular complexity index is 1150. The Labute approximate surface area is 225 Å². The third-order valence-corrected chi connectivity index (χ3v) is 5.72. The third kappa shape index (κ3) is 9.15. The Morgan fingerprint density at radius 2 is 1.76 bits per heavy atom. The summed E-state index contributed by atoms with van der Waals surface area (Å²) in [5, 5.41) is 15.2. The summed E-state index contributed by atoms with van der Waals surface area (Å²) < 4.78 is 5.38. The van der Waals surface area contributed by atoms with Crippen molar-refractivity contribution in [3.63, 3.8) is 0 Å². The molecule has 0 radical (unpaired) electrons. The van der Waals surface area contributed by atoms with Gasteiger partial charge in [0, 0.05) is 18.5 Å². The summed E-state index contributed by atoms with van der Waals surface area (Å²) in [5.74, 6) is -0.987. The first-order valence-corrected chi connectivity index (χ1v) is 12.8. The van der Waals surface area contributed by atoms with Crippen LogP contribution in [-0.4, -0.2) is 45.6 Å². The molecule has 0 aliphatic rings. The summed E-state index contributed by atoms with van der Waals surface area (Å²) in [6.07, 6.45) is 6.77. The number of phenolic OH excluding ortho intramolecular Hbond substituents is 1. The fourth-order valence-corrected chi connectivity index (χ4v) is 4.04. The van der Waals surface area contributed by atoms with Crippen molar-refractivity contribution in [2.45, 2.75) is 84.5 Å². The molecule has 2 aromatic rings. The Morgan fingerprint density at radius 1 is 1.11 bits per heavy atom. The number of hydrogen-bond acceptors (Lipinski definition) is 5. The summed E-state index contributed by atoms with van der Waals surface area (Å²) in [4.78, 5) is 41.2. The van der Waals surface area contributed by atoms with Crippen molar-refractivity contribution in [3.8, 4) is 18.2 Å². The summed E-state index contributed by atoms with van der Waals surface area (Å²) in [6.45, 7) is 11.0. The van der Waals surface area contributed by atoms with E-state index in [4.69, 9.17) is 11.2 Å². The van der Waals surface area contributed by atoms with Crippen LogP contribution in [0.5, 0.6) is 5.75 Å². The van der Waals surface area contributed by atoms with Crippen LogP contribution in [0.1, 0.15) is 70.2 Å². The van der Waals surface area contributed by atoms with Gasteiger partial charge in [-0.05, 0) is 64.3 Å². The van der Waals surface area contributed by atoms with Crippen molar-refractivity contribution in [2.75, 3.05) is 0 Å². The van der Waals surface area contributed by atoms with Crippen molar-refractivity contribution in [1.82, 2.24) is 15.5 Å². The average molecular weight is 522 g/mol. The topological polar surface area (TPSA) is 108 Å². The number of carbonyl (C=O) groups excluding carboxylic acids is 3. The second kappa shape index (κ2) is 13.5. The second-order valence-electron chi connectivity index (χ2n) is 10.4. The van der Waals surface area contributed by atoms with Crippen LogP contribution in [-0.2, 0) is 20.7 Å². The van der Waals surface area contributed by atoms with Gasteiger partial charge in [0.1, 0.15) is 23.4 Å². The minimum atomic E-state index is -1.14. The van der Waals surface area contributed by atoms with Gasteiger partial charge in [0.05, 0.1) is 0 Å². The molecular weight excluding hydrogens is 482 g/mol. The molecule has 38 heavy (non-hydrogen) atoms. The highest BCUT2D eigenvalue weighted by molar-refractivity contribution is 5.93. The number of ether oxygens (including phenoxy) is 1. The first-order valence-electron chi connectivity index (χ1n) is 12.8. The highest BCUT2D eigenvalue weighted by atomic mass is 16.6. The Kier molecular flexibility index (Phi) is 10.8. The molecule has 0 aromatic heterocycles. The second-order valence-corrected chi connectivity index (χ2v) is 10.4. The highest BCUT2D eigenvalue weighted by Gasteiger charge is 2.36. The molecule has 3 atom stereocenters.